The van der Waals surface area contributed by atoms with E-state index in [9.17, 15) is 18.8 Å². The molecular weight excluding hydrogens is 429 g/mol. The van der Waals surface area contributed by atoms with Crippen molar-refractivity contribution in [3.63, 3.8) is 0 Å². The lowest BCUT2D eigenvalue weighted by Crippen LogP contribution is -2.41. The van der Waals surface area contributed by atoms with Crippen LogP contribution in [0.5, 0.6) is 0 Å². The molecule has 0 aliphatic carbocycles. The van der Waals surface area contributed by atoms with E-state index >= 15 is 0 Å². The summed E-state index contributed by atoms with van der Waals surface area (Å²) in [4.78, 5) is 39.8. The molecule has 1 saturated heterocycles. The van der Waals surface area contributed by atoms with E-state index in [4.69, 9.17) is 0 Å². The molecule has 1 fully saturated rings. The van der Waals surface area contributed by atoms with Crippen molar-refractivity contribution in [1.29, 1.82) is 0 Å². The number of halogens is 1. The van der Waals surface area contributed by atoms with Crippen LogP contribution in [0.15, 0.2) is 66.0 Å². The second-order valence-electron chi connectivity index (χ2n) is 7.57. The van der Waals surface area contributed by atoms with E-state index in [1.165, 1.54) is 35.6 Å². The predicted octanol–water partition coefficient (Wildman–Crippen LogP) is 4.63. The average molecular weight is 452 g/mol. The Bertz CT molecular complexity index is 1110. The van der Waals surface area contributed by atoms with Crippen LogP contribution in [-0.4, -0.2) is 35.7 Å². The molecule has 3 amide bonds. The first-order valence-electron chi connectivity index (χ1n) is 10.3. The van der Waals surface area contributed by atoms with Crippen LogP contribution >= 0.6 is 11.3 Å². The number of rotatable bonds is 5. The third-order valence-electron chi connectivity index (χ3n) is 5.38. The first-order valence-corrected chi connectivity index (χ1v) is 11.2. The van der Waals surface area contributed by atoms with Crippen molar-refractivity contribution < 1.29 is 18.8 Å². The van der Waals surface area contributed by atoms with E-state index in [0.717, 1.165) is 0 Å². The van der Waals surface area contributed by atoms with Crippen LogP contribution in [0.25, 0.3) is 0 Å². The standard InChI is InChI=1S/C24H22FN3O3S/c25-18-8-6-17(7-9-18)24(31)28-12-10-16(11-13-28)22(29)26-19-3-1-4-20(15-19)27-23(30)21-5-2-14-32-21/h1-9,14-16H,10-13H2,(H,26,29)(H,27,30). The fourth-order valence-corrected chi connectivity index (χ4v) is 4.26. The Labute approximate surface area is 189 Å². The zero-order valence-electron chi connectivity index (χ0n) is 17.2. The highest BCUT2D eigenvalue weighted by Crippen LogP contribution is 2.23. The van der Waals surface area contributed by atoms with Crippen molar-refractivity contribution in [1.82, 2.24) is 4.90 Å². The topological polar surface area (TPSA) is 78.5 Å². The van der Waals surface area contributed by atoms with E-state index in [0.29, 0.717) is 47.7 Å². The third kappa shape index (κ3) is 5.20. The molecule has 3 aromatic rings. The lowest BCUT2D eigenvalue weighted by molar-refractivity contribution is -0.121. The average Bonchev–Trinajstić information content (AvgIpc) is 3.35. The summed E-state index contributed by atoms with van der Waals surface area (Å²) in [5, 5.41) is 7.57. The Morgan fingerprint density at radius 3 is 2.25 bits per heavy atom. The highest BCUT2D eigenvalue weighted by atomic mass is 32.1. The highest BCUT2D eigenvalue weighted by molar-refractivity contribution is 7.12. The van der Waals surface area contributed by atoms with E-state index in [2.05, 4.69) is 10.6 Å². The number of nitrogens with one attached hydrogen (secondary N) is 2. The summed E-state index contributed by atoms with van der Waals surface area (Å²) in [7, 11) is 0. The Balaban J connectivity index is 1.31. The van der Waals surface area contributed by atoms with Crippen LogP contribution in [0, 0.1) is 11.7 Å². The molecule has 0 atom stereocenters. The van der Waals surface area contributed by atoms with Gasteiger partial charge in [-0.3, -0.25) is 14.4 Å². The van der Waals surface area contributed by atoms with Crippen molar-refractivity contribution in [3.05, 3.63) is 82.3 Å². The summed E-state index contributed by atoms with van der Waals surface area (Å²) >= 11 is 1.36. The summed E-state index contributed by atoms with van der Waals surface area (Å²) in [5.74, 6) is -1.05. The third-order valence-corrected chi connectivity index (χ3v) is 6.25. The summed E-state index contributed by atoms with van der Waals surface area (Å²) in [6, 6.07) is 16.1. The van der Waals surface area contributed by atoms with Gasteiger partial charge in [0.2, 0.25) is 5.91 Å². The number of amides is 3. The highest BCUT2D eigenvalue weighted by Gasteiger charge is 2.28. The number of nitrogens with zero attached hydrogens (tertiary/aromatic N) is 1. The molecule has 2 aromatic carbocycles. The molecule has 0 unspecified atom stereocenters. The largest absolute Gasteiger partial charge is 0.339 e. The normalized spacial score (nSPS) is 14.1. The van der Waals surface area contributed by atoms with Crippen LogP contribution in [0.4, 0.5) is 15.8 Å². The SMILES string of the molecule is O=C(Nc1cccc(NC(=O)C2CCN(C(=O)c3ccc(F)cc3)CC2)c1)c1cccs1. The van der Waals surface area contributed by atoms with E-state index in [1.54, 1.807) is 35.2 Å². The van der Waals surface area contributed by atoms with Crippen molar-refractivity contribution in [3.8, 4) is 0 Å². The number of thiophene rings is 1. The monoisotopic (exact) mass is 451 g/mol. The molecule has 1 aromatic heterocycles. The smallest absolute Gasteiger partial charge is 0.265 e. The molecule has 32 heavy (non-hydrogen) atoms. The summed E-state index contributed by atoms with van der Waals surface area (Å²) < 4.78 is 13.1. The number of carbonyl (C=O) groups is 3. The Morgan fingerprint density at radius 1 is 0.906 bits per heavy atom. The molecule has 164 valence electrons. The molecule has 1 aliphatic heterocycles. The molecule has 2 N–H and O–H groups in total. The number of piperidine rings is 1. The molecule has 0 radical (unpaired) electrons. The number of hydrogen-bond acceptors (Lipinski definition) is 4. The fourth-order valence-electron chi connectivity index (χ4n) is 3.64. The lowest BCUT2D eigenvalue weighted by atomic mass is 9.95. The van der Waals surface area contributed by atoms with Gasteiger partial charge < -0.3 is 15.5 Å². The van der Waals surface area contributed by atoms with Gasteiger partial charge in [-0.15, -0.1) is 11.3 Å². The molecular formula is C24H22FN3O3S. The first-order chi connectivity index (χ1) is 15.5. The minimum Gasteiger partial charge on any atom is -0.339 e. The van der Waals surface area contributed by atoms with Gasteiger partial charge in [0, 0.05) is 35.9 Å². The van der Waals surface area contributed by atoms with Crippen LogP contribution in [0.3, 0.4) is 0 Å². The van der Waals surface area contributed by atoms with E-state index < -0.39 is 0 Å². The van der Waals surface area contributed by atoms with Gasteiger partial charge in [-0.1, -0.05) is 12.1 Å². The number of carbonyl (C=O) groups excluding carboxylic acids is 3. The van der Waals surface area contributed by atoms with Crippen LogP contribution in [0.1, 0.15) is 32.9 Å². The maximum absolute atomic E-state index is 13.1. The van der Waals surface area contributed by atoms with Crippen molar-refractivity contribution in [2.45, 2.75) is 12.8 Å². The van der Waals surface area contributed by atoms with Gasteiger partial charge in [0.15, 0.2) is 0 Å². The fraction of sp³-hybridized carbons (Fsp3) is 0.208. The molecule has 0 spiro atoms. The van der Waals surface area contributed by atoms with Gasteiger partial charge >= 0.3 is 0 Å². The van der Waals surface area contributed by atoms with Crippen LogP contribution in [-0.2, 0) is 4.79 Å². The minimum absolute atomic E-state index is 0.111. The lowest BCUT2D eigenvalue weighted by Gasteiger charge is -2.31. The van der Waals surface area contributed by atoms with Crippen molar-refractivity contribution in [2.75, 3.05) is 23.7 Å². The van der Waals surface area contributed by atoms with Gasteiger partial charge in [0.05, 0.1) is 4.88 Å². The van der Waals surface area contributed by atoms with Gasteiger partial charge in [0.1, 0.15) is 5.82 Å². The van der Waals surface area contributed by atoms with Gasteiger partial charge in [-0.25, -0.2) is 4.39 Å². The molecule has 0 saturated carbocycles. The number of likely N-dealkylation sites (tertiary alicyclic amines) is 1. The maximum Gasteiger partial charge on any atom is 0.265 e. The Morgan fingerprint density at radius 2 is 1.59 bits per heavy atom. The van der Waals surface area contributed by atoms with E-state index in [-0.39, 0.29) is 29.5 Å². The molecule has 0 bridgehead atoms. The Hall–Kier alpha value is -3.52. The van der Waals surface area contributed by atoms with Crippen LogP contribution in [0.2, 0.25) is 0 Å². The zero-order chi connectivity index (χ0) is 22.5. The van der Waals surface area contributed by atoms with Crippen molar-refractivity contribution in [2.24, 2.45) is 5.92 Å². The summed E-state index contributed by atoms with van der Waals surface area (Å²) in [6.07, 6.45) is 1.10. The van der Waals surface area contributed by atoms with Gasteiger partial charge in [0.25, 0.3) is 11.8 Å². The van der Waals surface area contributed by atoms with Gasteiger partial charge in [-0.2, -0.15) is 0 Å². The second kappa shape index (κ2) is 9.74. The molecule has 6 nitrogen and oxygen atoms in total. The van der Waals surface area contributed by atoms with Gasteiger partial charge in [-0.05, 0) is 66.8 Å². The summed E-state index contributed by atoms with van der Waals surface area (Å²) in [5.41, 5.74) is 1.64. The molecule has 4 rings (SSSR count). The number of anilines is 2. The number of hydrogen-bond donors (Lipinski definition) is 2. The minimum atomic E-state index is -0.382. The second-order valence-corrected chi connectivity index (χ2v) is 8.52. The first kappa shape index (κ1) is 21.7. The molecule has 8 heteroatoms. The summed E-state index contributed by atoms with van der Waals surface area (Å²) in [6.45, 7) is 0.927. The molecule has 1 aliphatic rings. The quantitative estimate of drug-likeness (QED) is 0.594. The molecule has 2 heterocycles. The zero-order valence-corrected chi connectivity index (χ0v) is 18.0. The maximum atomic E-state index is 13.1. The van der Waals surface area contributed by atoms with Crippen molar-refractivity contribution >= 4 is 40.4 Å². The van der Waals surface area contributed by atoms with E-state index in [1.807, 2.05) is 11.4 Å². The Kier molecular flexibility index (Phi) is 6.61. The predicted molar refractivity (Wildman–Crippen MR) is 122 cm³/mol. The number of benzene rings is 2. The van der Waals surface area contributed by atoms with Crippen LogP contribution < -0.4 is 10.6 Å².